The zero-order valence-corrected chi connectivity index (χ0v) is 11.0. The SMILES string of the molecule is Cc1cc(C(=O)N2CCC(C)(O)CC2)c(F)cc1F. The van der Waals surface area contributed by atoms with Crippen LogP contribution in [0.4, 0.5) is 8.78 Å². The molecule has 0 bridgehead atoms. The van der Waals surface area contributed by atoms with Crippen LogP contribution in [0.3, 0.4) is 0 Å². The van der Waals surface area contributed by atoms with Crippen LogP contribution in [0, 0.1) is 18.6 Å². The normalized spacial score (nSPS) is 18.5. The van der Waals surface area contributed by atoms with Crippen molar-refractivity contribution in [3.8, 4) is 0 Å². The minimum atomic E-state index is -0.842. The van der Waals surface area contributed by atoms with Gasteiger partial charge in [0, 0.05) is 19.2 Å². The predicted octanol–water partition coefficient (Wildman–Crippen LogP) is 2.26. The van der Waals surface area contributed by atoms with E-state index in [1.165, 1.54) is 17.9 Å². The van der Waals surface area contributed by atoms with Gasteiger partial charge in [0.2, 0.25) is 0 Å². The van der Waals surface area contributed by atoms with Crippen molar-refractivity contribution < 1.29 is 18.7 Å². The van der Waals surface area contributed by atoms with Gasteiger partial charge in [0.15, 0.2) is 0 Å². The molecule has 104 valence electrons. The first-order valence-electron chi connectivity index (χ1n) is 6.27. The third kappa shape index (κ3) is 2.92. The molecule has 0 radical (unpaired) electrons. The fraction of sp³-hybridized carbons (Fsp3) is 0.500. The van der Waals surface area contributed by atoms with Gasteiger partial charge in [0.05, 0.1) is 11.2 Å². The molecule has 1 heterocycles. The largest absolute Gasteiger partial charge is 0.390 e. The minimum Gasteiger partial charge on any atom is -0.390 e. The van der Waals surface area contributed by atoms with Crippen LogP contribution < -0.4 is 0 Å². The Kier molecular flexibility index (Phi) is 3.58. The first kappa shape index (κ1) is 13.9. The van der Waals surface area contributed by atoms with E-state index in [-0.39, 0.29) is 11.1 Å². The van der Waals surface area contributed by atoms with Crippen LogP contribution in [0.25, 0.3) is 0 Å². The van der Waals surface area contributed by atoms with Gasteiger partial charge < -0.3 is 10.0 Å². The lowest BCUT2D eigenvalue weighted by Gasteiger charge is -2.35. The van der Waals surface area contributed by atoms with E-state index in [0.29, 0.717) is 25.9 Å². The molecule has 1 aromatic carbocycles. The third-order valence-corrected chi connectivity index (χ3v) is 3.61. The van der Waals surface area contributed by atoms with Gasteiger partial charge in [-0.2, -0.15) is 0 Å². The number of rotatable bonds is 1. The molecule has 0 atom stereocenters. The van der Waals surface area contributed by atoms with Crippen molar-refractivity contribution in [2.75, 3.05) is 13.1 Å². The maximum absolute atomic E-state index is 13.7. The monoisotopic (exact) mass is 269 g/mol. The number of hydrogen-bond donors (Lipinski definition) is 1. The number of carbonyl (C=O) groups is 1. The Morgan fingerprint density at radius 3 is 2.42 bits per heavy atom. The van der Waals surface area contributed by atoms with Crippen molar-refractivity contribution in [2.24, 2.45) is 0 Å². The van der Waals surface area contributed by atoms with Gasteiger partial charge >= 0.3 is 0 Å². The van der Waals surface area contributed by atoms with Crippen LogP contribution in [0.1, 0.15) is 35.7 Å². The quantitative estimate of drug-likeness (QED) is 0.849. The van der Waals surface area contributed by atoms with Gasteiger partial charge in [0.1, 0.15) is 11.6 Å². The summed E-state index contributed by atoms with van der Waals surface area (Å²) in [5.41, 5.74) is -0.636. The van der Waals surface area contributed by atoms with Gasteiger partial charge in [0.25, 0.3) is 5.91 Å². The third-order valence-electron chi connectivity index (χ3n) is 3.61. The fourth-order valence-electron chi connectivity index (χ4n) is 2.18. The number of benzene rings is 1. The van der Waals surface area contributed by atoms with E-state index in [0.717, 1.165) is 6.07 Å². The number of aryl methyl sites for hydroxylation is 1. The number of piperidine rings is 1. The maximum Gasteiger partial charge on any atom is 0.256 e. The highest BCUT2D eigenvalue weighted by Gasteiger charge is 2.31. The van der Waals surface area contributed by atoms with E-state index in [2.05, 4.69) is 0 Å². The van der Waals surface area contributed by atoms with Gasteiger partial charge in [-0.25, -0.2) is 8.78 Å². The Bertz CT molecular complexity index is 504. The number of halogens is 2. The number of nitrogens with zero attached hydrogens (tertiary/aromatic N) is 1. The Morgan fingerprint density at radius 1 is 1.26 bits per heavy atom. The predicted molar refractivity (Wildman–Crippen MR) is 66.9 cm³/mol. The number of amides is 1. The molecular formula is C14H17F2NO2. The van der Waals surface area contributed by atoms with E-state index >= 15 is 0 Å². The summed E-state index contributed by atoms with van der Waals surface area (Å²) >= 11 is 0. The van der Waals surface area contributed by atoms with Crippen molar-refractivity contribution in [3.05, 3.63) is 34.9 Å². The second-order valence-corrected chi connectivity index (χ2v) is 5.37. The minimum absolute atomic E-state index is 0.111. The Balaban J connectivity index is 2.19. The van der Waals surface area contributed by atoms with Gasteiger partial charge in [-0.1, -0.05) is 0 Å². The Morgan fingerprint density at radius 2 is 1.84 bits per heavy atom. The highest BCUT2D eigenvalue weighted by Crippen LogP contribution is 2.23. The van der Waals surface area contributed by atoms with E-state index in [4.69, 9.17) is 0 Å². The summed E-state index contributed by atoms with van der Waals surface area (Å²) in [6.07, 6.45) is 0.918. The summed E-state index contributed by atoms with van der Waals surface area (Å²) in [5, 5.41) is 9.82. The molecule has 1 amide bonds. The molecule has 1 saturated heterocycles. The number of likely N-dealkylation sites (tertiary alicyclic amines) is 1. The lowest BCUT2D eigenvalue weighted by molar-refractivity contribution is -0.00213. The number of hydrogen-bond acceptors (Lipinski definition) is 2. The highest BCUT2D eigenvalue weighted by atomic mass is 19.1. The number of carbonyl (C=O) groups excluding carboxylic acids is 1. The van der Waals surface area contributed by atoms with Gasteiger partial charge in [-0.3, -0.25) is 4.79 Å². The Hall–Kier alpha value is -1.49. The number of aliphatic hydroxyl groups is 1. The average Bonchev–Trinajstić information content (AvgIpc) is 2.33. The first-order chi connectivity index (χ1) is 8.80. The molecular weight excluding hydrogens is 252 g/mol. The second-order valence-electron chi connectivity index (χ2n) is 5.37. The standard InChI is InChI=1S/C14H17F2NO2/c1-9-7-10(12(16)8-11(9)15)13(18)17-5-3-14(2,19)4-6-17/h7-8,19H,3-6H2,1-2H3. The maximum atomic E-state index is 13.7. The van der Waals surface area contributed by atoms with Gasteiger partial charge in [-0.15, -0.1) is 0 Å². The van der Waals surface area contributed by atoms with E-state index < -0.39 is 23.1 Å². The lowest BCUT2D eigenvalue weighted by atomic mass is 9.93. The molecule has 1 aliphatic heterocycles. The summed E-state index contributed by atoms with van der Waals surface area (Å²) in [6, 6.07) is 1.97. The molecule has 0 aromatic heterocycles. The highest BCUT2D eigenvalue weighted by molar-refractivity contribution is 5.94. The topological polar surface area (TPSA) is 40.5 Å². The van der Waals surface area contributed by atoms with Crippen LogP contribution in [-0.2, 0) is 0 Å². The molecule has 1 aromatic rings. The fourth-order valence-corrected chi connectivity index (χ4v) is 2.18. The van der Waals surface area contributed by atoms with Crippen LogP contribution in [-0.4, -0.2) is 34.6 Å². The molecule has 0 unspecified atom stereocenters. The van der Waals surface area contributed by atoms with Crippen LogP contribution in [0.5, 0.6) is 0 Å². The molecule has 0 aliphatic carbocycles. The van der Waals surface area contributed by atoms with Crippen molar-refractivity contribution in [1.29, 1.82) is 0 Å². The summed E-state index contributed by atoms with van der Waals surface area (Å²) in [5.74, 6) is -1.95. The average molecular weight is 269 g/mol. The van der Waals surface area contributed by atoms with E-state index in [9.17, 15) is 18.7 Å². The molecule has 1 aliphatic rings. The Labute approximate surface area is 110 Å². The smallest absolute Gasteiger partial charge is 0.256 e. The van der Waals surface area contributed by atoms with Crippen molar-refractivity contribution >= 4 is 5.91 Å². The van der Waals surface area contributed by atoms with Crippen molar-refractivity contribution in [1.82, 2.24) is 4.90 Å². The summed E-state index contributed by atoms with van der Waals surface area (Å²) < 4.78 is 26.8. The zero-order chi connectivity index (χ0) is 14.2. The summed E-state index contributed by atoms with van der Waals surface area (Å²) in [6.45, 7) is 3.97. The van der Waals surface area contributed by atoms with E-state index in [1.54, 1.807) is 6.92 Å². The molecule has 1 N–H and O–H groups in total. The molecule has 2 rings (SSSR count). The molecule has 19 heavy (non-hydrogen) atoms. The summed E-state index contributed by atoms with van der Waals surface area (Å²) in [7, 11) is 0. The van der Waals surface area contributed by atoms with Crippen molar-refractivity contribution in [3.63, 3.8) is 0 Å². The van der Waals surface area contributed by atoms with Crippen LogP contribution in [0.15, 0.2) is 12.1 Å². The van der Waals surface area contributed by atoms with E-state index in [1.807, 2.05) is 0 Å². The lowest BCUT2D eigenvalue weighted by Crippen LogP contribution is -2.45. The molecule has 5 heteroatoms. The zero-order valence-electron chi connectivity index (χ0n) is 11.0. The first-order valence-corrected chi connectivity index (χ1v) is 6.27. The second kappa shape index (κ2) is 4.89. The van der Waals surface area contributed by atoms with Gasteiger partial charge in [-0.05, 0) is 38.3 Å². The van der Waals surface area contributed by atoms with Crippen molar-refractivity contribution in [2.45, 2.75) is 32.3 Å². The summed E-state index contributed by atoms with van der Waals surface area (Å²) in [4.78, 5) is 13.7. The molecule has 3 nitrogen and oxygen atoms in total. The molecule has 0 saturated carbocycles. The van der Waals surface area contributed by atoms with Crippen LogP contribution >= 0.6 is 0 Å². The van der Waals surface area contributed by atoms with Crippen LogP contribution in [0.2, 0.25) is 0 Å². The molecule has 0 spiro atoms. The molecule has 1 fully saturated rings.